The van der Waals surface area contributed by atoms with Gasteiger partial charge in [-0.1, -0.05) is 30.3 Å². The Morgan fingerprint density at radius 2 is 1.30 bits per heavy atom. The average molecular weight is 529 g/mol. The summed E-state index contributed by atoms with van der Waals surface area (Å²) in [5.41, 5.74) is 3.47. The Kier molecular flexibility index (Phi) is 7.31. The van der Waals surface area contributed by atoms with E-state index in [1.165, 1.54) is 42.6 Å². The number of hydrogen-bond donors (Lipinski definition) is 4. The molecule has 0 aliphatic heterocycles. The highest BCUT2D eigenvalue weighted by molar-refractivity contribution is 7.89. The summed E-state index contributed by atoms with van der Waals surface area (Å²) in [5, 5.41) is 15.1. The Morgan fingerprint density at radius 1 is 0.757 bits per heavy atom. The predicted octanol–water partition coefficient (Wildman–Crippen LogP) is 4.47. The number of hydrogen-bond acceptors (Lipinski definition) is 9. The summed E-state index contributed by atoms with van der Waals surface area (Å²) in [6.45, 7) is 0. The third kappa shape index (κ3) is 7.22. The highest BCUT2D eigenvalue weighted by Gasteiger charge is 2.29. The molecule has 0 spiro atoms. The van der Waals surface area contributed by atoms with Crippen molar-refractivity contribution in [2.75, 3.05) is 16.1 Å². The number of para-hydroxylation sites is 1. The van der Waals surface area contributed by atoms with E-state index in [-0.39, 0.29) is 22.7 Å². The van der Waals surface area contributed by atoms with E-state index in [0.717, 1.165) is 12.1 Å². The Bertz CT molecular complexity index is 1500. The quantitative estimate of drug-likeness (QED) is 0.193. The fraction of sp³-hybridized carbons (Fsp3) is 0.0435. The van der Waals surface area contributed by atoms with E-state index in [2.05, 4.69) is 36.1 Å². The third-order valence-corrected chi connectivity index (χ3v) is 5.65. The fourth-order valence-corrected chi connectivity index (χ4v) is 3.48. The first-order valence-electron chi connectivity index (χ1n) is 10.5. The molecule has 0 saturated carbocycles. The van der Waals surface area contributed by atoms with E-state index >= 15 is 0 Å². The average Bonchev–Trinajstić information content (AvgIpc) is 2.84. The lowest BCUT2D eigenvalue weighted by Crippen LogP contribution is -2.12. The molecular formula is C23H19F3N8O2S. The van der Waals surface area contributed by atoms with Gasteiger partial charge < -0.3 is 10.6 Å². The lowest BCUT2D eigenvalue weighted by molar-refractivity contribution is -0.137. The van der Waals surface area contributed by atoms with Crippen LogP contribution in [0.25, 0.3) is 0 Å². The van der Waals surface area contributed by atoms with Gasteiger partial charge in [-0.05, 0) is 54.1 Å². The molecule has 0 fully saturated rings. The molecule has 14 heteroatoms. The fourth-order valence-electron chi connectivity index (χ4n) is 2.97. The van der Waals surface area contributed by atoms with E-state index in [0.29, 0.717) is 16.9 Å². The van der Waals surface area contributed by atoms with Crippen molar-refractivity contribution in [3.63, 3.8) is 0 Å². The van der Waals surface area contributed by atoms with Gasteiger partial charge in [-0.2, -0.15) is 33.2 Å². The van der Waals surface area contributed by atoms with Gasteiger partial charge in [0, 0.05) is 11.4 Å². The number of nitrogens with one attached hydrogen (secondary N) is 3. The molecule has 0 unspecified atom stereocenters. The summed E-state index contributed by atoms with van der Waals surface area (Å²) in [6.07, 6.45) is -3.11. The van der Waals surface area contributed by atoms with Crippen molar-refractivity contribution in [2.24, 2.45) is 10.2 Å². The minimum absolute atomic E-state index is 0.0280. The highest BCUT2D eigenvalue weighted by atomic mass is 32.2. The summed E-state index contributed by atoms with van der Waals surface area (Å²) in [4.78, 5) is 12.7. The predicted molar refractivity (Wildman–Crippen MR) is 133 cm³/mol. The second-order valence-corrected chi connectivity index (χ2v) is 9.04. The summed E-state index contributed by atoms with van der Waals surface area (Å²) >= 11 is 0. The molecule has 0 bridgehead atoms. The van der Waals surface area contributed by atoms with Gasteiger partial charge in [0.2, 0.25) is 27.9 Å². The number of rotatable bonds is 8. The molecule has 3 aromatic carbocycles. The zero-order valence-electron chi connectivity index (χ0n) is 18.8. The number of benzene rings is 3. The first kappa shape index (κ1) is 25.5. The van der Waals surface area contributed by atoms with Crippen LogP contribution in [0, 0.1) is 0 Å². The molecule has 0 atom stereocenters. The number of nitrogens with two attached hydrogens (primary N) is 1. The van der Waals surface area contributed by atoms with Gasteiger partial charge >= 0.3 is 6.18 Å². The molecule has 4 rings (SSSR count). The molecule has 5 N–H and O–H groups in total. The highest BCUT2D eigenvalue weighted by Crippen LogP contribution is 2.29. The van der Waals surface area contributed by atoms with Crippen molar-refractivity contribution < 1.29 is 21.6 Å². The molecule has 0 saturated heterocycles. The molecule has 1 aromatic heterocycles. The molecular weight excluding hydrogens is 509 g/mol. The van der Waals surface area contributed by atoms with Crippen molar-refractivity contribution in [2.45, 2.75) is 11.1 Å². The van der Waals surface area contributed by atoms with E-state index < -0.39 is 21.8 Å². The number of halogens is 3. The van der Waals surface area contributed by atoms with Crippen LogP contribution in [0.4, 0.5) is 42.4 Å². The number of aromatic nitrogens is 3. The zero-order chi connectivity index (χ0) is 26.5. The van der Waals surface area contributed by atoms with E-state index in [1.807, 2.05) is 18.2 Å². The van der Waals surface area contributed by atoms with Crippen molar-refractivity contribution in [3.05, 3.63) is 90.0 Å². The van der Waals surface area contributed by atoms with E-state index in [1.54, 1.807) is 12.1 Å². The maximum absolute atomic E-state index is 12.7. The summed E-state index contributed by atoms with van der Waals surface area (Å²) in [7, 11) is -3.84. The maximum Gasteiger partial charge on any atom is 0.416 e. The SMILES string of the molecule is NS(=O)(=O)c1ccc(Nc2nc(N/N=C/c3ccc(C(F)(F)F)cc3)nc(Nc3ccccc3)n2)cc1. The number of hydrazone groups is 1. The minimum Gasteiger partial charge on any atom is -0.324 e. The molecule has 190 valence electrons. The molecule has 10 nitrogen and oxygen atoms in total. The zero-order valence-corrected chi connectivity index (χ0v) is 19.6. The first-order valence-corrected chi connectivity index (χ1v) is 12.1. The Hall–Kier alpha value is -4.56. The molecule has 4 aromatic rings. The van der Waals surface area contributed by atoms with Crippen LogP contribution in [0.2, 0.25) is 0 Å². The second kappa shape index (κ2) is 10.6. The standard InChI is InChI=1S/C23H19F3N8O2S/c24-23(25,26)16-8-6-15(7-9-16)14-28-34-22-32-20(29-17-4-2-1-3-5-17)31-21(33-22)30-18-10-12-19(13-11-18)37(27,35)36/h1-14H,(H2,27,35,36)(H3,29,30,31,32,33,34)/b28-14+. The maximum atomic E-state index is 12.7. The van der Waals surface area contributed by atoms with Crippen LogP contribution in [-0.4, -0.2) is 29.6 Å². The molecule has 0 radical (unpaired) electrons. The minimum atomic E-state index is -4.43. The Labute approximate surface area is 209 Å². The summed E-state index contributed by atoms with van der Waals surface area (Å²) in [6, 6.07) is 19.2. The van der Waals surface area contributed by atoms with Gasteiger partial charge in [0.25, 0.3) is 0 Å². The largest absolute Gasteiger partial charge is 0.416 e. The Balaban J connectivity index is 1.55. The molecule has 37 heavy (non-hydrogen) atoms. The number of sulfonamides is 1. The number of nitrogens with zero attached hydrogens (tertiary/aromatic N) is 4. The number of alkyl halides is 3. The van der Waals surface area contributed by atoms with Crippen LogP contribution < -0.4 is 21.2 Å². The lowest BCUT2D eigenvalue weighted by Gasteiger charge is -2.10. The van der Waals surface area contributed by atoms with Crippen LogP contribution >= 0.6 is 0 Å². The normalized spacial score (nSPS) is 11.9. The second-order valence-electron chi connectivity index (χ2n) is 7.48. The van der Waals surface area contributed by atoms with Gasteiger partial charge in [0.05, 0.1) is 16.7 Å². The van der Waals surface area contributed by atoms with Crippen LogP contribution in [0.3, 0.4) is 0 Å². The number of anilines is 5. The third-order valence-electron chi connectivity index (χ3n) is 4.72. The van der Waals surface area contributed by atoms with E-state index in [4.69, 9.17) is 5.14 Å². The van der Waals surface area contributed by atoms with Crippen LogP contribution in [-0.2, 0) is 16.2 Å². The first-order chi connectivity index (χ1) is 17.6. The monoisotopic (exact) mass is 528 g/mol. The summed E-state index contributed by atoms with van der Waals surface area (Å²) in [5.74, 6) is 0.293. The topological polar surface area (TPSA) is 147 Å². The van der Waals surface area contributed by atoms with E-state index in [9.17, 15) is 21.6 Å². The van der Waals surface area contributed by atoms with Gasteiger partial charge in [-0.3, -0.25) is 0 Å². The smallest absolute Gasteiger partial charge is 0.324 e. The van der Waals surface area contributed by atoms with Gasteiger partial charge in [0.15, 0.2) is 0 Å². The van der Waals surface area contributed by atoms with Crippen LogP contribution in [0.5, 0.6) is 0 Å². The molecule has 0 aliphatic rings. The van der Waals surface area contributed by atoms with Gasteiger partial charge in [0.1, 0.15) is 0 Å². The van der Waals surface area contributed by atoms with Crippen molar-refractivity contribution in [1.29, 1.82) is 0 Å². The van der Waals surface area contributed by atoms with Crippen molar-refractivity contribution >= 4 is 45.5 Å². The van der Waals surface area contributed by atoms with Crippen LogP contribution in [0.1, 0.15) is 11.1 Å². The molecule has 0 amide bonds. The molecule has 1 heterocycles. The van der Waals surface area contributed by atoms with Crippen LogP contribution in [0.15, 0.2) is 88.9 Å². The van der Waals surface area contributed by atoms with Crippen molar-refractivity contribution in [1.82, 2.24) is 15.0 Å². The lowest BCUT2D eigenvalue weighted by atomic mass is 10.1. The Morgan fingerprint density at radius 3 is 1.84 bits per heavy atom. The van der Waals surface area contributed by atoms with Gasteiger partial charge in [-0.25, -0.2) is 19.0 Å². The number of primary sulfonamides is 1. The molecule has 0 aliphatic carbocycles. The summed E-state index contributed by atoms with van der Waals surface area (Å²) < 4.78 is 61.2. The van der Waals surface area contributed by atoms with Gasteiger partial charge in [-0.15, -0.1) is 0 Å². The van der Waals surface area contributed by atoms with Crippen molar-refractivity contribution in [3.8, 4) is 0 Å².